The minimum Gasteiger partial charge on any atom is -0.370 e. The molecule has 2 aromatic carbocycles. The summed E-state index contributed by atoms with van der Waals surface area (Å²) in [5.74, 6) is -1.33. The molecule has 0 aliphatic rings. The smallest absolute Gasteiger partial charge is 0.249 e. The predicted octanol–water partition coefficient (Wildman–Crippen LogP) is 2.58. The summed E-state index contributed by atoms with van der Waals surface area (Å²) in [5, 5.41) is 3.04. The van der Waals surface area contributed by atoms with Crippen LogP contribution in [0.15, 0.2) is 60.0 Å². The van der Waals surface area contributed by atoms with Gasteiger partial charge in [0.05, 0.1) is 6.61 Å². The molecule has 0 radical (unpaired) electrons. The highest BCUT2D eigenvalue weighted by molar-refractivity contribution is 7.17. The van der Waals surface area contributed by atoms with Crippen LogP contribution in [0.4, 0.5) is 0 Å². The molecular weight excluding hydrogens is 488 g/mol. The molecule has 4 N–H and O–H groups in total. The molecule has 9 heteroatoms. The summed E-state index contributed by atoms with van der Waals surface area (Å²) in [7, 11) is 3.14. The number of hydrogen-bond donors (Lipinski definition) is 2. The molecule has 3 aromatic rings. The van der Waals surface area contributed by atoms with Crippen molar-refractivity contribution >= 4 is 39.1 Å². The van der Waals surface area contributed by atoms with Crippen LogP contribution in [0.3, 0.4) is 0 Å². The van der Waals surface area contributed by atoms with Crippen molar-refractivity contribution in [1.29, 1.82) is 0 Å². The fourth-order valence-corrected chi connectivity index (χ4v) is 5.10. The van der Waals surface area contributed by atoms with Crippen molar-refractivity contribution in [2.75, 3.05) is 27.3 Å². The number of hydrogen-bond acceptors (Lipinski definition) is 6. The molecule has 0 aliphatic heterocycles. The Morgan fingerprint density at radius 3 is 2.24 bits per heavy atom. The van der Waals surface area contributed by atoms with E-state index in [1.54, 1.807) is 39.3 Å². The lowest BCUT2D eigenvalue weighted by Gasteiger charge is -2.34. The highest BCUT2D eigenvalue weighted by Gasteiger charge is 2.35. The van der Waals surface area contributed by atoms with Crippen molar-refractivity contribution in [1.82, 2.24) is 9.80 Å². The van der Waals surface area contributed by atoms with E-state index in [1.807, 2.05) is 60.0 Å². The minimum absolute atomic E-state index is 0.196. The van der Waals surface area contributed by atoms with E-state index in [9.17, 15) is 14.4 Å². The third kappa shape index (κ3) is 7.61. The van der Waals surface area contributed by atoms with E-state index in [1.165, 1.54) is 9.80 Å². The zero-order chi connectivity index (χ0) is 27.2. The molecule has 0 spiro atoms. The first-order valence-corrected chi connectivity index (χ1v) is 13.0. The van der Waals surface area contributed by atoms with Crippen LogP contribution in [0, 0.1) is 0 Å². The molecule has 1 heterocycles. The van der Waals surface area contributed by atoms with Crippen molar-refractivity contribution in [3.63, 3.8) is 0 Å². The van der Waals surface area contributed by atoms with Crippen molar-refractivity contribution in [3.05, 3.63) is 71.1 Å². The van der Waals surface area contributed by atoms with E-state index in [0.29, 0.717) is 0 Å². The number of ether oxygens (including phenoxy) is 1. The summed E-state index contributed by atoms with van der Waals surface area (Å²) in [6.07, 6.45) is 0.563. The first-order valence-electron chi connectivity index (χ1n) is 12.1. The van der Waals surface area contributed by atoms with Crippen LogP contribution in [-0.4, -0.2) is 72.5 Å². The van der Waals surface area contributed by atoms with Gasteiger partial charge >= 0.3 is 0 Å². The average molecular weight is 525 g/mol. The van der Waals surface area contributed by atoms with Crippen LogP contribution in [-0.2, 0) is 32.0 Å². The molecule has 0 unspecified atom stereocenters. The molecule has 0 saturated heterocycles. The Bertz CT molecular complexity index is 1220. The largest absolute Gasteiger partial charge is 0.370 e. The first-order chi connectivity index (χ1) is 17.5. The number of thiophene rings is 1. The predicted molar refractivity (Wildman–Crippen MR) is 147 cm³/mol. The van der Waals surface area contributed by atoms with Gasteiger partial charge in [0.2, 0.25) is 17.7 Å². The van der Waals surface area contributed by atoms with E-state index < -0.39 is 23.5 Å². The van der Waals surface area contributed by atoms with E-state index in [-0.39, 0.29) is 37.9 Å². The number of likely N-dealkylation sites (N-methyl/N-ethyl adjacent to an activating group) is 2. The molecular formula is C28H36N4O4S. The van der Waals surface area contributed by atoms with Gasteiger partial charge in [0.15, 0.2) is 0 Å². The molecule has 0 fully saturated rings. The SMILES string of the molecule is CN(C(=O)COCC(C)(C)N)[C@H](Cc1csc2ccccc12)C(=O)N(C)[C@H](Cc1ccccc1)C(N)=O. The fraction of sp³-hybridized carbons (Fsp3) is 0.393. The minimum atomic E-state index is -0.866. The van der Waals surface area contributed by atoms with Gasteiger partial charge in [-0.2, -0.15) is 0 Å². The van der Waals surface area contributed by atoms with Crippen molar-refractivity contribution in [3.8, 4) is 0 Å². The number of amides is 3. The van der Waals surface area contributed by atoms with Crippen molar-refractivity contribution < 1.29 is 19.1 Å². The van der Waals surface area contributed by atoms with Gasteiger partial charge in [0.25, 0.3) is 0 Å². The van der Waals surface area contributed by atoms with Crippen LogP contribution < -0.4 is 11.5 Å². The summed E-state index contributed by atoms with van der Waals surface area (Å²) >= 11 is 1.58. The van der Waals surface area contributed by atoms with Gasteiger partial charge in [-0.3, -0.25) is 14.4 Å². The van der Waals surface area contributed by atoms with Gasteiger partial charge in [0.1, 0.15) is 18.7 Å². The number of primary amides is 1. The first kappa shape index (κ1) is 28.3. The van der Waals surface area contributed by atoms with Crippen molar-refractivity contribution in [2.24, 2.45) is 11.5 Å². The lowest BCUT2D eigenvalue weighted by molar-refractivity contribution is -0.149. The second-order valence-corrected chi connectivity index (χ2v) is 10.9. The number of nitrogens with two attached hydrogens (primary N) is 2. The van der Waals surface area contributed by atoms with E-state index >= 15 is 0 Å². The zero-order valence-electron chi connectivity index (χ0n) is 21.8. The summed E-state index contributed by atoms with van der Waals surface area (Å²) < 4.78 is 6.62. The molecule has 3 amide bonds. The summed E-state index contributed by atoms with van der Waals surface area (Å²) in [6, 6.07) is 15.6. The Hall–Kier alpha value is -3.27. The number of nitrogens with zero attached hydrogens (tertiary/aromatic N) is 2. The van der Waals surface area contributed by atoms with Crippen molar-refractivity contribution in [2.45, 2.75) is 44.3 Å². The molecule has 1 aromatic heterocycles. The van der Waals surface area contributed by atoms with E-state index in [4.69, 9.17) is 16.2 Å². The van der Waals surface area contributed by atoms with E-state index in [2.05, 4.69) is 0 Å². The maximum Gasteiger partial charge on any atom is 0.249 e. The standard InChI is InChI=1S/C28H36N4O4S/c1-28(2,30)18-36-16-25(33)31(3)23(15-20-17-37-24-13-9-8-12-21(20)24)27(35)32(4)22(26(29)34)14-19-10-6-5-7-11-19/h5-13,17,22-23H,14-16,18,30H2,1-4H3,(H2,29,34)/t22-,23-/m1/s1. The average Bonchev–Trinajstić information content (AvgIpc) is 3.27. The van der Waals surface area contributed by atoms with Gasteiger partial charge in [-0.1, -0.05) is 48.5 Å². The normalized spacial score (nSPS) is 13.2. The molecule has 0 aliphatic carbocycles. The highest BCUT2D eigenvalue weighted by atomic mass is 32.1. The molecule has 8 nitrogen and oxygen atoms in total. The number of benzene rings is 2. The quantitative estimate of drug-likeness (QED) is 0.378. The maximum absolute atomic E-state index is 13.9. The van der Waals surface area contributed by atoms with Gasteiger partial charge in [-0.05, 0) is 41.8 Å². The Morgan fingerprint density at radius 2 is 1.59 bits per heavy atom. The van der Waals surface area contributed by atoms with Gasteiger partial charge in [-0.25, -0.2) is 0 Å². The fourth-order valence-electron chi connectivity index (χ4n) is 4.12. The number of rotatable bonds is 12. The third-order valence-electron chi connectivity index (χ3n) is 6.24. The monoisotopic (exact) mass is 524 g/mol. The van der Waals surface area contributed by atoms with Crippen LogP contribution in [0.1, 0.15) is 25.0 Å². The molecule has 2 atom stereocenters. The third-order valence-corrected chi connectivity index (χ3v) is 7.25. The molecule has 198 valence electrons. The van der Waals surface area contributed by atoms with Crippen LogP contribution in [0.25, 0.3) is 10.1 Å². The Morgan fingerprint density at radius 1 is 0.946 bits per heavy atom. The van der Waals surface area contributed by atoms with Gasteiger partial charge in [-0.15, -0.1) is 11.3 Å². The number of carbonyl (C=O) groups is 3. The zero-order valence-corrected chi connectivity index (χ0v) is 22.7. The lowest BCUT2D eigenvalue weighted by atomic mass is 10.00. The topological polar surface area (TPSA) is 119 Å². The van der Waals surface area contributed by atoms with E-state index in [0.717, 1.165) is 21.2 Å². The second kappa shape index (κ2) is 12.3. The molecule has 3 rings (SSSR count). The number of fused-ring (bicyclic) bond motifs is 1. The van der Waals surface area contributed by atoms with Gasteiger partial charge < -0.3 is 26.0 Å². The maximum atomic E-state index is 13.9. The summed E-state index contributed by atoms with van der Waals surface area (Å²) in [4.78, 5) is 42.2. The molecule has 0 bridgehead atoms. The lowest BCUT2D eigenvalue weighted by Crippen LogP contribution is -2.55. The van der Waals surface area contributed by atoms with Gasteiger partial charge in [0, 0.05) is 37.2 Å². The Kier molecular flexibility index (Phi) is 9.42. The molecule has 0 saturated carbocycles. The Balaban J connectivity index is 1.87. The van der Waals surface area contributed by atoms with Crippen LogP contribution in [0.5, 0.6) is 0 Å². The van der Waals surface area contributed by atoms with Crippen LogP contribution in [0.2, 0.25) is 0 Å². The summed E-state index contributed by atoms with van der Waals surface area (Å²) in [6.45, 7) is 3.60. The van der Waals surface area contributed by atoms with Crippen LogP contribution >= 0.6 is 11.3 Å². The highest BCUT2D eigenvalue weighted by Crippen LogP contribution is 2.28. The summed E-state index contributed by atoms with van der Waals surface area (Å²) in [5.41, 5.74) is 12.9. The second-order valence-electron chi connectivity index (χ2n) is 10.0. The Labute approximate surface area is 222 Å². The number of carbonyl (C=O) groups excluding carboxylic acids is 3. The molecule has 37 heavy (non-hydrogen) atoms.